The molecule has 1 fully saturated rings. The second-order valence-electron chi connectivity index (χ2n) is 7.72. The topological polar surface area (TPSA) is 87.0 Å². The molecule has 2 aromatic rings. The van der Waals surface area contributed by atoms with Crippen molar-refractivity contribution in [1.29, 1.82) is 0 Å². The number of aryl methyl sites for hydroxylation is 2. The minimum atomic E-state index is -0.524. The molecule has 0 aliphatic carbocycles. The lowest BCUT2D eigenvalue weighted by Crippen LogP contribution is -2.31. The smallest absolute Gasteiger partial charge is 0.272 e. The maximum atomic E-state index is 13.0. The molecule has 0 bridgehead atoms. The molecule has 0 aromatic carbocycles. The number of hydrogen-bond acceptors (Lipinski definition) is 4. The standard InChI is InChI=1S/C19H29N5O2/c1-5-24-17(9-16(22-24)6-12(2)3)19(26)23-10-14(18(25)11-23)8-15-7-13(4)20-21-15/h7,9,12,14,18,25H,5-6,8,10-11H2,1-4H3,(H,20,21)/t14-,18-/m1/s1. The molecule has 0 unspecified atom stereocenters. The lowest BCUT2D eigenvalue weighted by atomic mass is 10.0. The number of aromatic amines is 1. The molecule has 1 aliphatic heterocycles. The van der Waals surface area contributed by atoms with Crippen molar-refractivity contribution in [2.75, 3.05) is 13.1 Å². The number of rotatable bonds is 6. The molecule has 2 atom stereocenters. The summed E-state index contributed by atoms with van der Waals surface area (Å²) in [5.41, 5.74) is 3.50. The Labute approximate surface area is 154 Å². The van der Waals surface area contributed by atoms with E-state index in [1.54, 1.807) is 9.58 Å². The first-order chi connectivity index (χ1) is 12.4. The van der Waals surface area contributed by atoms with Crippen LogP contribution in [0.1, 0.15) is 48.3 Å². The number of aromatic nitrogens is 4. The first kappa shape index (κ1) is 18.6. The third-order valence-corrected chi connectivity index (χ3v) is 4.89. The lowest BCUT2D eigenvalue weighted by molar-refractivity contribution is 0.0752. The summed E-state index contributed by atoms with van der Waals surface area (Å²) in [7, 11) is 0. The summed E-state index contributed by atoms with van der Waals surface area (Å²) in [4.78, 5) is 14.8. The number of aliphatic hydroxyl groups excluding tert-OH is 1. The van der Waals surface area contributed by atoms with Gasteiger partial charge in [0.1, 0.15) is 5.69 Å². The van der Waals surface area contributed by atoms with Crippen LogP contribution in [0.3, 0.4) is 0 Å². The molecule has 7 nitrogen and oxygen atoms in total. The van der Waals surface area contributed by atoms with Gasteiger partial charge < -0.3 is 10.0 Å². The van der Waals surface area contributed by atoms with Crippen LogP contribution in [0.5, 0.6) is 0 Å². The zero-order chi connectivity index (χ0) is 18.8. The Morgan fingerprint density at radius 2 is 2.12 bits per heavy atom. The molecule has 2 aromatic heterocycles. The van der Waals surface area contributed by atoms with Gasteiger partial charge in [0.25, 0.3) is 5.91 Å². The van der Waals surface area contributed by atoms with Crippen LogP contribution in [0.15, 0.2) is 12.1 Å². The van der Waals surface area contributed by atoms with Crippen LogP contribution in [0, 0.1) is 18.8 Å². The van der Waals surface area contributed by atoms with E-state index in [0.717, 1.165) is 23.5 Å². The number of H-pyrrole nitrogens is 1. The van der Waals surface area contributed by atoms with Crippen molar-refractivity contribution in [2.45, 2.75) is 53.2 Å². The highest BCUT2D eigenvalue weighted by molar-refractivity contribution is 5.93. The average molecular weight is 359 g/mol. The fourth-order valence-corrected chi connectivity index (χ4v) is 3.63. The van der Waals surface area contributed by atoms with E-state index in [2.05, 4.69) is 29.1 Å². The van der Waals surface area contributed by atoms with E-state index in [1.165, 1.54) is 0 Å². The third kappa shape index (κ3) is 3.98. The van der Waals surface area contributed by atoms with Crippen LogP contribution < -0.4 is 0 Å². The van der Waals surface area contributed by atoms with Gasteiger partial charge in [0, 0.05) is 31.2 Å². The highest BCUT2D eigenvalue weighted by Crippen LogP contribution is 2.23. The highest BCUT2D eigenvalue weighted by atomic mass is 16.3. The Hall–Kier alpha value is -2.15. The lowest BCUT2D eigenvalue weighted by Gasteiger charge is -2.16. The van der Waals surface area contributed by atoms with Gasteiger partial charge in [0.05, 0.1) is 17.5 Å². The SMILES string of the molecule is CCn1nc(CC(C)C)cc1C(=O)N1C[C@@H](Cc2cc(C)[nH]n2)[C@H](O)C1. The van der Waals surface area contributed by atoms with Crippen molar-refractivity contribution in [3.8, 4) is 0 Å². The number of nitrogens with one attached hydrogen (secondary N) is 1. The van der Waals surface area contributed by atoms with Crippen molar-refractivity contribution in [2.24, 2.45) is 11.8 Å². The first-order valence-electron chi connectivity index (χ1n) is 9.42. The fourth-order valence-electron chi connectivity index (χ4n) is 3.63. The van der Waals surface area contributed by atoms with Crippen molar-refractivity contribution < 1.29 is 9.90 Å². The van der Waals surface area contributed by atoms with E-state index in [4.69, 9.17) is 0 Å². The maximum absolute atomic E-state index is 13.0. The van der Waals surface area contributed by atoms with E-state index >= 15 is 0 Å². The molecule has 142 valence electrons. The monoisotopic (exact) mass is 359 g/mol. The van der Waals surface area contributed by atoms with Crippen LogP contribution in [-0.4, -0.2) is 55.1 Å². The largest absolute Gasteiger partial charge is 0.391 e. The molecule has 7 heteroatoms. The molecule has 0 spiro atoms. The van der Waals surface area contributed by atoms with Gasteiger partial charge in [0.2, 0.25) is 0 Å². The molecular formula is C19H29N5O2. The Bertz CT molecular complexity index is 764. The number of carbonyl (C=O) groups excluding carboxylic acids is 1. The number of likely N-dealkylation sites (tertiary alicyclic amines) is 1. The Kier molecular flexibility index (Phi) is 5.46. The van der Waals surface area contributed by atoms with Crippen molar-refractivity contribution in [3.63, 3.8) is 0 Å². The first-order valence-corrected chi connectivity index (χ1v) is 9.42. The molecule has 1 amide bonds. The molecule has 3 rings (SSSR count). The maximum Gasteiger partial charge on any atom is 0.272 e. The van der Waals surface area contributed by atoms with E-state index < -0.39 is 6.10 Å². The summed E-state index contributed by atoms with van der Waals surface area (Å²) in [6, 6.07) is 3.89. The van der Waals surface area contributed by atoms with Gasteiger partial charge in [-0.3, -0.25) is 14.6 Å². The highest BCUT2D eigenvalue weighted by Gasteiger charge is 2.35. The fraction of sp³-hybridized carbons (Fsp3) is 0.632. The summed E-state index contributed by atoms with van der Waals surface area (Å²) >= 11 is 0. The van der Waals surface area contributed by atoms with Crippen molar-refractivity contribution >= 4 is 5.91 Å². The molecule has 0 radical (unpaired) electrons. The van der Waals surface area contributed by atoms with Crippen LogP contribution in [0.25, 0.3) is 0 Å². The predicted octanol–water partition coefficient (Wildman–Crippen LogP) is 1.81. The van der Waals surface area contributed by atoms with Crippen molar-refractivity contribution in [3.05, 3.63) is 34.9 Å². The summed E-state index contributed by atoms with van der Waals surface area (Å²) in [6.07, 6.45) is 1.00. The van der Waals surface area contributed by atoms with Crippen LogP contribution >= 0.6 is 0 Å². The van der Waals surface area contributed by atoms with Crippen LogP contribution in [0.4, 0.5) is 0 Å². The zero-order valence-electron chi connectivity index (χ0n) is 16.1. The Balaban J connectivity index is 1.71. The van der Waals surface area contributed by atoms with Gasteiger partial charge in [-0.1, -0.05) is 13.8 Å². The van der Waals surface area contributed by atoms with Gasteiger partial charge >= 0.3 is 0 Å². The van der Waals surface area contributed by atoms with Gasteiger partial charge in [-0.15, -0.1) is 0 Å². The summed E-state index contributed by atoms with van der Waals surface area (Å²) in [5.74, 6) is 0.456. The molecule has 2 N–H and O–H groups in total. The average Bonchev–Trinajstić information content (AvgIpc) is 3.26. The van der Waals surface area contributed by atoms with Crippen molar-refractivity contribution in [1.82, 2.24) is 24.9 Å². The van der Waals surface area contributed by atoms with Gasteiger partial charge in [-0.25, -0.2) is 0 Å². The van der Waals surface area contributed by atoms with E-state index in [9.17, 15) is 9.90 Å². The van der Waals surface area contributed by atoms with E-state index in [0.29, 0.717) is 37.7 Å². The number of hydrogen-bond donors (Lipinski definition) is 2. The quantitative estimate of drug-likeness (QED) is 0.823. The van der Waals surface area contributed by atoms with E-state index in [-0.39, 0.29) is 11.8 Å². The number of amides is 1. The van der Waals surface area contributed by atoms with Gasteiger partial charge in [-0.05, 0) is 44.7 Å². The minimum Gasteiger partial charge on any atom is -0.391 e. The summed E-state index contributed by atoms with van der Waals surface area (Å²) < 4.78 is 1.77. The number of nitrogens with zero attached hydrogens (tertiary/aromatic N) is 4. The second kappa shape index (κ2) is 7.61. The molecule has 1 aliphatic rings. The van der Waals surface area contributed by atoms with Gasteiger partial charge in [0.15, 0.2) is 0 Å². The minimum absolute atomic E-state index is 0.00906. The zero-order valence-corrected chi connectivity index (χ0v) is 16.1. The second-order valence-corrected chi connectivity index (χ2v) is 7.72. The third-order valence-electron chi connectivity index (χ3n) is 4.89. The number of β-amino-alcohol motifs (C(OH)–C–C–N with tert-alkyl or cyclic N) is 1. The molecule has 0 saturated carbocycles. The summed E-state index contributed by atoms with van der Waals surface area (Å²) in [5, 5.41) is 22.2. The summed E-state index contributed by atoms with van der Waals surface area (Å²) in [6.45, 7) is 9.80. The molecular weight excluding hydrogens is 330 g/mol. The van der Waals surface area contributed by atoms with E-state index in [1.807, 2.05) is 26.0 Å². The molecule has 1 saturated heterocycles. The van der Waals surface area contributed by atoms with Gasteiger partial charge in [-0.2, -0.15) is 10.2 Å². The van der Waals surface area contributed by atoms with Crippen LogP contribution in [-0.2, 0) is 19.4 Å². The predicted molar refractivity (Wildman–Crippen MR) is 98.9 cm³/mol. The number of carbonyl (C=O) groups is 1. The number of aliphatic hydroxyl groups is 1. The Morgan fingerprint density at radius 3 is 2.73 bits per heavy atom. The van der Waals surface area contributed by atoms with Crippen LogP contribution in [0.2, 0.25) is 0 Å². The Morgan fingerprint density at radius 1 is 1.35 bits per heavy atom. The molecule has 26 heavy (non-hydrogen) atoms. The molecule has 3 heterocycles. The normalized spacial score (nSPS) is 20.3.